The molecule has 0 bridgehead atoms. The molecule has 0 saturated carbocycles. The molecule has 0 radical (unpaired) electrons. The summed E-state index contributed by atoms with van der Waals surface area (Å²) >= 11 is 0. The monoisotopic (exact) mass is 583 g/mol. The summed E-state index contributed by atoms with van der Waals surface area (Å²) in [4.78, 5) is 68.6. The Bertz CT molecular complexity index is 1240. The molecule has 2 saturated heterocycles. The lowest BCUT2D eigenvalue weighted by molar-refractivity contribution is -0.141. The minimum absolute atomic E-state index is 0.0717. The van der Waals surface area contributed by atoms with Crippen LogP contribution in [0.5, 0.6) is 0 Å². The highest BCUT2D eigenvalue weighted by atomic mass is 16.6. The summed E-state index contributed by atoms with van der Waals surface area (Å²) in [7, 11) is 1.44. The van der Waals surface area contributed by atoms with Gasteiger partial charge in [0.1, 0.15) is 23.9 Å². The Hall–Kier alpha value is -3.63. The highest BCUT2D eigenvalue weighted by molar-refractivity contribution is 5.96. The van der Waals surface area contributed by atoms with E-state index in [4.69, 9.17) is 4.74 Å². The summed E-state index contributed by atoms with van der Waals surface area (Å²) in [5, 5.41) is 8.80. The van der Waals surface area contributed by atoms with Gasteiger partial charge in [-0.3, -0.25) is 24.1 Å². The van der Waals surface area contributed by atoms with E-state index in [1.807, 2.05) is 26.0 Å². The second-order valence-electron chi connectivity index (χ2n) is 13.5. The number of likely N-dealkylation sites (N-methyl/N-ethyl adjacent to an activating group) is 1. The van der Waals surface area contributed by atoms with Gasteiger partial charge in [0.05, 0.1) is 12.5 Å². The van der Waals surface area contributed by atoms with E-state index >= 15 is 0 Å². The third-order valence-corrected chi connectivity index (χ3v) is 8.60. The van der Waals surface area contributed by atoms with E-state index in [2.05, 4.69) is 28.1 Å². The van der Waals surface area contributed by atoms with E-state index in [0.717, 1.165) is 29.7 Å². The van der Waals surface area contributed by atoms with Crippen molar-refractivity contribution in [2.75, 3.05) is 7.05 Å². The Balaban J connectivity index is 1.48. The zero-order valence-electron chi connectivity index (χ0n) is 25.8. The van der Waals surface area contributed by atoms with Crippen molar-refractivity contribution in [2.24, 2.45) is 5.41 Å². The number of carbonyl (C=O) groups is 5. The second kappa shape index (κ2) is 11.9. The first-order valence-corrected chi connectivity index (χ1v) is 14.8. The summed E-state index contributed by atoms with van der Waals surface area (Å²) in [6, 6.07) is 5.47. The molecule has 0 aromatic heterocycles. The van der Waals surface area contributed by atoms with Crippen LogP contribution in [0.4, 0.5) is 4.79 Å². The SMILES string of the molecule is C[C@@H](C(=O)N[C@H]1CC(=O)N[C@H]2CC(C)(C)C(CC(=O)N[C@@H]3CCCc4ccccc43)N2C1=O)N(C)C(=O)OC(C)(C)C. The lowest BCUT2D eigenvalue weighted by atomic mass is 9.82. The van der Waals surface area contributed by atoms with Gasteiger partial charge in [-0.25, -0.2) is 4.79 Å². The van der Waals surface area contributed by atoms with Gasteiger partial charge in [-0.2, -0.15) is 0 Å². The molecular formula is C31H45N5O6. The molecule has 1 aromatic carbocycles. The largest absolute Gasteiger partial charge is 0.444 e. The van der Waals surface area contributed by atoms with Gasteiger partial charge in [0, 0.05) is 19.5 Å². The second-order valence-corrected chi connectivity index (χ2v) is 13.5. The lowest BCUT2D eigenvalue weighted by Crippen LogP contribution is -2.56. The molecular weight excluding hydrogens is 538 g/mol. The third-order valence-electron chi connectivity index (χ3n) is 8.60. The van der Waals surface area contributed by atoms with Crippen molar-refractivity contribution in [2.45, 2.75) is 116 Å². The van der Waals surface area contributed by atoms with E-state index < -0.39 is 53.2 Å². The van der Waals surface area contributed by atoms with Crippen molar-refractivity contribution in [3.05, 3.63) is 35.4 Å². The van der Waals surface area contributed by atoms with Crippen molar-refractivity contribution in [3.63, 3.8) is 0 Å². The van der Waals surface area contributed by atoms with Gasteiger partial charge in [-0.1, -0.05) is 38.1 Å². The molecule has 42 heavy (non-hydrogen) atoms. The molecule has 230 valence electrons. The Morgan fingerprint density at radius 3 is 2.52 bits per heavy atom. The molecule has 2 fully saturated rings. The molecule has 1 aromatic rings. The summed E-state index contributed by atoms with van der Waals surface area (Å²) in [5.41, 5.74) is 1.17. The first-order chi connectivity index (χ1) is 19.6. The Morgan fingerprint density at radius 2 is 1.83 bits per heavy atom. The normalized spacial score (nSPS) is 25.7. The first kappa shape index (κ1) is 31.3. The van der Waals surface area contributed by atoms with Gasteiger partial charge in [-0.15, -0.1) is 0 Å². The van der Waals surface area contributed by atoms with Gasteiger partial charge >= 0.3 is 6.09 Å². The fourth-order valence-electron chi connectivity index (χ4n) is 6.23. The van der Waals surface area contributed by atoms with Crippen molar-refractivity contribution >= 4 is 29.7 Å². The zero-order valence-corrected chi connectivity index (χ0v) is 25.8. The number of rotatable bonds is 6. The Morgan fingerprint density at radius 1 is 1.14 bits per heavy atom. The molecule has 5 atom stereocenters. The van der Waals surface area contributed by atoms with Gasteiger partial charge in [0.25, 0.3) is 0 Å². The minimum Gasteiger partial charge on any atom is -0.444 e. The molecule has 5 amide bonds. The van der Waals surface area contributed by atoms with Crippen molar-refractivity contribution in [1.82, 2.24) is 25.8 Å². The Kier molecular flexibility index (Phi) is 8.89. The van der Waals surface area contributed by atoms with Gasteiger partial charge in [-0.05, 0) is 69.9 Å². The van der Waals surface area contributed by atoms with Crippen LogP contribution >= 0.6 is 0 Å². The number of nitrogens with zero attached hydrogens (tertiary/aromatic N) is 2. The molecule has 3 aliphatic rings. The van der Waals surface area contributed by atoms with Crippen LogP contribution in [0.1, 0.15) is 90.8 Å². The maximum atomic E-state index is 13.9. The van der Waals surface area contributed by atoms with Crippen LogP contribution < -0.4 is 16.0 Å². The number of hydrogen-bond acceptors (Lipinski definition) is 6. The Labute approximate surface area is 248 Å². The van der Waals surface area contributed by atoms with Crippen LogP contribution in [0, 0.1) is 5.41 Å². The maximum absolute atomic E-state index is 13.9. The molecule has 0 spiro atoms. The summed E-state index contributed by atoms with van der Waals surface area (Å²) in [6.45, 7) is 10.7. The predicted octanol–water partition coefficient (Wildman–Crippen LogP) is 2.78. The van der Waals surface area contributed by atoms with Crippen molar-refractivity contribution in [3.8, 4) is 0 Å². The average Bonchev–Trinajstić information content (AvgIpc) is 3.07. The highest BCUT2D eigenvalue weighted by Gasteiger charge is 2.53. The number of hydrogen-bond donors (Lipinski definition) is 3. The molecule has 4 rings (SSSR count). The van der Waals surface area contributed by atoms with E-state index in [1.165, 1.54) is 19.5 Å². The van der Waals surface area contributed by atoms with Gasteiger partial charge < -0.3 is 25.6 Å². The number of benzene rings is 1. The number of carbonyl (C=O) groups excluding carboxylic acids is 5. The molecule has 1 unspecified atom stereocenters. The fourth-order valence-corrected chi connectivity index (χ4v) is 6.23. The van der Waals surface area contributed by atoms with E-state index in [1.54, 1.807) is 25.7 Å². The standard InChI is InChI=1S/C31H45N5O6/c1-18(35(7)29(41)42-30(2,3)4)27(39)33-22-15-25(37)34-24-17-31(5,6)23(36(24)28(22)40)16-26(38)32-21-14-10-12-19-11-8-9-13-20(19)21/h8-9,11,13,18,21-24H,10,12,14-17H2,1-7H3,(H,32,38)(H,33,39)(H,34,37)/t18-,21+,22-,23?,24+/m0/s1. The predicted molar refractivity (Wildman–Crippen MR) is 156 cm³/mol. The molecule has 11 heteroatoms. The maximum Gasteiger partial charge on any atom is 0.410 e. The highest BCUT2D eigenvalue weighted by Crippen LogP contribution is 2.42. The zero-order chi connectivity index (χ0) is 31.0. The van der Waals surface area contributed by atoms with Gasteiger partial charge in [0.15, 0.2) is 0 Å². The third kappa shape index (κ3) is 6.87. The molecule has 2 aliphatic heterocycles. The molecule has 1 aliphatic carbocycles. The van der Waals surface area contributed by atoms with E-state index in [9.17, 15) is 24.0 Å². The minimum atomic E-state index is -1.14. The number of ether oxygens (including phenoxy) is 1. The average molecular weight is 584 g/mol. The number of aryl methyl sites for hydroxylation is 1. The van der Waals surface area contributed by atoms with Crippen molar-refractivity contribution < 1.29 is 28.7 Å². The van der Waals surface area contributed by atoms with E-state index in [0.29, 0.717) is 6.42 Å². The van der Waals surface area contributed by atoms with Crippen molar-refractivity contribution in [1.29, 1.82) is 0 Å². The van der Waals surface area contributed by atoms with E-state index in [-0.39, 0.29) is 30.7 Å². The number of amides is 5. The van der Waals surface area contributed by atoms with Crippen LogP contribution in [-0.4, -0.2) is 76.5 Å². The smallest absolute Gasteiger partial charge is 0.410 e. The number of nitrogens with one attached hydrogen (secondary N) is 3. The van der Waals surface area contributed by atoms with Gasteiger partial charge in [0.2, 0.25) is 23.6 Å². The molecule has 3 N–H and O–H groups in total. The van der Waals surface area contributed by atoms with Crippen LogP contribution in [0.3, 0.4) is 0 Å². The fraction of sp³-hybridized carbons (Fsp3) is 0.645. The summed E-state index contributed by atoms with van der Waals surface area (Å²) in [5.74, 6) is -1.54. The molecule has 2 heterocycles. The van der Waals surface area contributed by atoms with Crippen LogP contribution in [0.15, 0.2) is 24.3 Å². The quantitative estimate of drug-likeness (QED) is 0.471. The number of fused-ring (bicyclic) bond motifs is 2. The molecule has 11 nitrogen and oxygen atoms in total. The topological polar surface area (TPSA) is 137 Å². The summed E-state index contributed by atoms with van der Waals surface area (Å²) < 4.78 is 5.35. The van der Waals surface area contributed by atoms with Crippen LogP contribution in [-0.2, 0) is 30.3 Å². The lowest BCUT2D eigenvalue weighted by Gasteiger charge is -2.35. The first-order valence-electron chi connectivity index (χ1n) is 14.8. The summed E-state index contributed by atoms with van der Waals surface area (Å²) in [6.07, 6.45) is 1.87. The van der Waals surface area contributed by atoms with Crippen LogP contribution in [0.25, 0.3) is 0 Å². The van der Waals surface area contributed by atoms with Crippen LogP contribution in [0.2, 0.25) is 0 Å².